The normalized spacial score (nSPS) is 22.4. The minimum Gasteiger partial charge on any atom is -0.475 e. The molecule has 0 bridgehead atoms. The molecule has 0 radical (unpaired) electrons. The van der Waals surface area contributed by atoms with Gasteiger partial charge in [0.25, 0.3) is 0 Å². The monoisotopic (exact) mass is 403 g/mol. The standard InChI is InChI=1S/C16H23N3O2.C2HF3O2/c1-21-11-10-19-15-6-9-18(14(15)2-3-16(19)20)12-13-4-7-17-8-5-13;3-2(4,5)1(6)7/h4-5,7-8,14-15H,2-3,6,9-12H2,1H3;(H,6,7)/t14-,15-;/m1./s1. The Kier molecular flexibility index (Phi) is 7.76. The van der Waals surface area contributed by atoms with Crippen LogP contribution < -0.4 is 0 Å². The van der Waals surface area contributed by atoms with Crippen molar-refractivity contribution in [3.8, 4) is 0 Å². The second-order valence-electron chi connectivity index (χ2n) is 6.67. The number of carboxylic acids is 1. The summed E-state index contributed by atoms with van der Waals surface area (Å²) in [5, 5.41) is 7.12. The van der Waals surface area contributed by atoms with Crippen LogP contribution in [0.4, 0.5) is 13.2 Å². The molecular weight excluding hydrogens is 379 g/mol. The second-order valence-corrected chi connectivity index (χ2v) is 6.67. The molecule has 7 nitrogen and oxygen atoms in total. The third-order valence-electron chi connectivity index (χ3n) is 4.91. The number of ether oxygens (including phenoxy) is 1. The van der Waals surface area contributed by atoms with Gasteiger partial charge in [-0.25, -0.2) is 4.79 Å². The number of amides is 1. The number of halogens is 3. The summed E-state index contributed by atoms with van der Waals surface area (Å²) >= 11 is 0. The van der Waals surface area contributed by atoms with Gasteiger partial charge in [-0.1, -0.05) is 0 Å². The predicted molar refractivity (Wildman–Crippen MR) is 93.4 cm³/mol. The molecule has 3 rings (SSSR count). The molecule has 3 heterocycles. The number of carboxylic acid groups (broad SMARTS) is 1. The Hall–Kier alpha value is -2.20. The number of hydrogen-bond donors (Lipinski definition) is 1. The van der Waals surface area contributed by atoms with Gasteiger partial charge in [0.15, 0.2) is 0 Å². The zero-order valence-corrected chi connectivity index (χ0v) is 15.6. The molecule has 1 amide bonds. The minimum atomic E-state index is -5.08. The van der Waals surface area contributed by atoms with Crippen LogP contribution in [-0.4, -0.2) is 76.8 Å². The lowest BCUT2D eigenvalue weighted by molar-refractivity contribution is -0.192. The lowest BCUT2D eigenvalue weighted by Gasteiger charge is -2.39. The van der Waals surface area contributed by atoms with E-state index >= 15 is 0 Å². The van der Waals surface area contributed by atoms with E-state index in [-0.39, 0.29) is 0 Å². The van der Waals surface area contributed by atoms with E-state index in [1.165, 1.54) is 5.56 Å². The molecule has 2 fully saturated rings. The fourth-order valence-corrected chi connectivity index (χ4v) is 3.64. The summed E-state index contributed by atoms with van der Waals surface area (Å²) in [5.74, 6) is -2.47. The third kappa shape index (κ3) is 5.90. The van der Waals surface area contributed by atoms with E-state index in [0.29, 0.717) is 31.0 Å². The van der Waals surface area contributed by atoms with Gasteiger partial charge < -0.3 is 14.7 Å². The van der Waals surface area contributed by atoms with Crippen molar-refractivity contribution in [2.24, 2.45) is 0 Å². The number of alkyl halides is 3. The van der Waals surface area contributed by atoms with Crippen molar-refractivity contribution in [3.63, 3.8) is 0 Å². The summed E-state index contributed by atoms with van der Waals surface area (Å²) in [4.78, 5) is 29.7. The molecule has 1 aromatic heterocycles. The molecule has 2 aliphatic rings. The van der Waals surface area contributed by atoms with E-state index in [1.807, 2.05) is 17.3 Å². The van der Waals surface area contributed by atoms with Crippen LogP contribution in [-0.2, 0) is 20.9 Å². The largest absolute Gasteiger partial charge is 0.490 e. The van der Waals surface area contributed by atoms with Gasteiger partial charge in [0.05, 0.1) is 6.61 Å². The molecule has 10 heteroatoms. The van der Waals surface area contributed by atoms with Gasteiger partial charge in [0.2, 0.25) is 5.91 Å². The number of carbonyl (C=O) groups excluding carboxylic acids is 1. The molecule has 28 heavy (non-hydrogen) atoms. The van der Waals surface area contributed by atoms with Crippen LogP contribution in [0, 0.1) is 0 Å². The Labute approximate surface area is 161 Å². The average molecular weight is 403 g/mol. The summed E-state index contributed by atoms with van der Waals surface area (Å²) in [6.07, 6.45) is 1.33. The highest BCUT2D eigenvalue weighted by Gasteiger charge is 2.42. The Morgan fingerprint density at radius 3 is 2.50 bits per heavy atom. The van der Waals surface area contributed by atoms with Crippen LogP contribution >= 0.6 is 0 Å². The first kappa shape index (κ1) is 22.1. The van der Waals surface area contributed by atoms with E-state index < -0.39 is 12.1 Å². The highest BCUT2D eigenvalue weighted by Crippen LogP contribution is 2.32. The van der Waals surface area contributed by atoms with Crippen LogP contribution in [0.2, 0.25) is 0 Å². The van der Waals surface area contributed by atoms with Crippen LogP contribution in [0.3, 0.4) is 0 Å². The van der Waals surface area contributed by atoms with E-state index in [1.54, 1.807) is 7.11 Å². The zero-order chi connectivity index (χ0) is 20.7. The van der Waals surface area contributed by atoms with Gasteiger partial charge in [-0.3, -0.25) is 14.7 Å². The third-order valence-corrected chi connectivity index (χ3v) is 4.91. The average Bonchev–Trinajstić information content (AvgIpc) is 3.04. The smallest absolute Gasteiger partial charge is 0.475 e. The predicted octanol–water partition coefficient (Wildman–Crippen LogP) is 1.93. The maximum Gasteiger partial charge on any atom is 0.490 e. The highest BCUT2D eigenvalue weighted by molar-refractivity contribution is 5.77. The van der Waals surface area contributed by atoms with Gasteiger partial charge in [-0.2, -0.15) is 13.2 Å². The maximum atomic E-state index is 12.2. The first-order valence-electron chi connectivity index (χ1n) is 8.95. The molecule has 2 saturated heterocycles. The molecule has 0 unspecified atom stereocenters. The lowest BCUT2D eigenvalue weighted by atomic mass is 9.96. The van der Waals surface area contributed by atoms with E-state index in [9.17, 15) is 18.0 Å². The Bertz CT molecular complexity index is 657. The lowest BCUT2D eigenvalue weighted by Crippen LogP contribution is -2.52. The Morgan fingerprint density at radius 1 is 1.29 bits per heavy atom. The fourth-order valence-electron chi connectivity index (χ4n) is 3.64. The molecule has 1 N–H and O–H groups in total. The number of piperidine rings is 1. The summed E-state index contributed by atoms with van der Waals surface area (Å²) < 4.78 is 36.9. The number of methoxy groups -OCH3 is 1. The van der Waals surface area contributed by atoms with Crippen molar-refractivity contribution >= 4 is 11.9 Å². The van der Waals surface area contributed by atoms with E-state index in [0.717, 1.165) is 32.5 Å². The van der Waals surface area contributed by atoms with E-state index in [2.05, 4.69) is 22.0 Å². The van der Waals surface area contributed by atoms with Crippen LogP contribution in [0.25, 0.3) is 0 Å². The van der Waals surface area contributed by atoms with Gasteiger partial charge in [0, 0.05) is 57.6 Å². The second kappa shape index (κ2) is 9.83. The number of carbonyl (C=O) groups is 2. The molecule has 2 aliphatic heterocycles. The molecule has 0 aromatic carbocycles. The molecule has 0 spiro atoms. The first-order chi connectivity index (χ1) is 13.2. The molecule has 1 aromatic rings. The van der Waals surface area contributed by atoms with Crippen molar-refractivity contribution in [1.82, 2.24) is 14.8 Å². The number of hydrogen-bond acceptors (Lipinski definition) is 5. The van der Waals surface area contributed by atoms with Gasteiger partial charge in [-0.15, -0.1) is 0 Å². The summed E-state index contributed by atoms with van der Waals surface area (Å²) in [7, 11) is 1.69. The minimum absolute atomic E-state index is 0.291. The number of pyridine rings is 1. The zero-order valence-electron chi connectivity index (χ0n) is 15.6. The molecule has 0 aliphatic carbocycles. The Balaban J connectivity index is 0.000000345. The molecular formula is C18H24F3N3O4. The van der Waals surface area contributed by atoms with Crippen LogP contribution in [0.5, 0.6) is 0 Å². The highest BCUT2D eigenvalue weighted by atomic mass is 19.4. The quantitative estimate of drug-likeness (QED) is 0.809. The summed E-state index contributed by atoms with van der Waals surface area (Å²) in [6.45, 7) is 3.36. The van der Waals surface area contributed by atoms with Crippen LogP contribution in [0.1, 0.15) is 24.8 Å². The van der Waals surface area contributed by atoms with E-state index in [4.69, 9.17) is 14.6 Å². The number of aromatic nitrogens is 1. The van der Waals surface area contributed by atoms with Crippen LogP contribution in [0.15, 0.2) is 24.5 Å². The topological polar surface area (TPSA) is 83.0 Å². The van der Waals surface area contributed by atoms with Crippen molar-refractivity contribution in [2.45, 2.75) is 44.1 Å². The van der Waals surface area contributed by atoms with Gasteiger partial charge in [0.1, 0.15) is 0 Å². The molecule has 0 saturated carbocycles. The van der Waals surface area contributed by atoms with Gasteiger partial charge in [-0.05, 0) is 30.5 Å². The van der Waals surface area contributed by atoms with Crippen molar-refractivity contribution in [3.05, 3.63) is 30.1 Å². The number of nitrogens with zero attached hydrogens (tertiary/aromatic N) is 3. The van der Waals surface area contributed by atoms with Crippen molar-refractivity contribution < 1.29 is 32.6 Å². The molecule has 156 valence electrons. The van der Waals surface area contributed by atoms with Gasteiger partial charge >= 0.3 is 12.1 Å². The Morgan fingerprint density at radius 2 is 1.93 bits per heavy atom. The molecule has 2 atom stereocenters. The summed E-state index contributed by atoms with van der Waals surface area (Å²) in [6, 6.07) is 5.00. The maximum absolute atomic E-state index is 12.2. The first-order valence-corrected chi connectivity index (χ1v) is 8.95. The number of aliphatic carboxylic acids is 1. The van der Waals surface area contributed by atoms with Crippen molar-refractivity contribution in [2.75, 3.05) is 26.8 Å². The SMILES string of the molecule is COCCN1C(=O)CC[C@@H]2[C@H]1CCN2Cc1ccncc1.O=C(O)C(F)(F)F. The number of likely N-dealkylation sites (tertiary alicyclic amines) is 2. The summed E-state index contributed by atoms with van der Waals surface area (Å²) in [5.41, 5.74) is 1.30. The number of rotatable bonds is 5. The van der Waals surface area contributed by atoms with Crippen molar-refractivity contribution in [1.29, 1.82) is 0 Å². The fraction of sp³-hybridized carbons (Fsp3) is 0.611. The number of fused-ring (bicyclic) bond motifs is 1.